The van der Waals surface area contributed by atoms with Gasteiger partial charge in [0.05, 0.1) is 12.3 Å². The summed E-state index contributed by atoms with van der Waals surface area (Å²) in [4.78, 5) is 11.9. The number of benzene rings is 1. The number of aromatic nitrogens is 1. The highest BCUT2D eigenvalue weighted by molar-refractivity contribution is 7.10. The van der Waals surface area contributed by atoms with Gasteiger partial charge in [0.1, 0.15) is 10.6 Å². The van der Waals surface area contributed by atoms with Gasteiger partial charge >= 0.3 is 5.97 Å². The summed E-state index contributed by atoms with van der Waals surface area (Å²) in [6, 6.07) is 7.24. The van der Waals surface area contributed by atoms with Crippen molar-refractivity contribution in [3.63, 3.8) is 0 Å². The van der Waals surface area contributed by atoms with Crippen LogP contribution in [0.15, 0.2) is 24.3 Å². The molecule has 0 unspecified atom stereocenters. The number of halogens is 1. The monoisotopic (exact) mass is 296 g/mol. The zero-order valence-electron chi connectivity index (χ0n) is 10.6. The molecule has 19 heavy (non-hydrogen) atoms. The third-order valence-electron chi connectivity index (χ3n) is 2.44. The Bertz CT molecular complexity index is 581. The summed E-state index contributed by atoms with van der Waals surface area (Å²) in [5.74, 6) is -0.356. The maximum Gasteiger partial charge on any atom is 0.343 e. The van der Waals surface area contributed by atoms with Gasteiger partial charge in [-0.1, -0.05) is 11.6 Å². The Balaban J connectivity index is 2.25. The Morgan fingerprint density at radius 2 is 2.11 bits per heavy atom. The number of carbonyl (C=O) groups is 1. The summed E-state index contributed by atoms with van der Waals surface area (Å²) in [6.45, 7) is 3.91. The van der Waals surface area contributed by atoms with Gasteiger partial charge in [-0.05, 0) is 49.6 Å². The van der Waals surface area contributed by atoms with Crippen LogP contribution >= 0.6 is 23.1 Å². The van der Waals surface area contributed by atoms with Crippen LogP contribution in [0.3, 0.4) is 0 Å². The molecule has 0 saturated carbocycles. The van der Waals surface area contributed by atoms with Crippen molar-refractivity contribution in [2.45, 2.75) is 13.8 Å². The van der Waals surface area contributed by atoms with Crippen molar-refractivity contribution in [1.82, 2.24) is 4.37 Å². The molecule has 0 spiro atoms. The molecule has 1 aromatic carbocycles. The van der Waals surface area contributed by atoms with Crippen LogP contribution in [0, 0.1) is 6.92 Å². The van der Waals surface area contributed by atoms with Gasteiger partial charge in [-0.3, -0.25) is 0 Å². The third kappa shape index (κ3) is 3.24. The summed E-state index contributed by atoms with van der Waals surface area (Å²) in [5.41, 5.74) is 2.00. The Morgan fingerprint density at radius 1 is 1.42 bits per heavy atom. The van der Waals surface area contributed by atoms with E-state index in [1.165, 1.54) is 11.5 Å². The molecule has 1 N–H and O–H groups in total. The van der Waals surface area contributed by atoms with Crippen LogP contribution in [0.2, 0.25) is 5.02 Å². The fraction of sp³-hybridized carbons (Fsp3) is 0.231. The molecule has 2 aromatic rings. The van der Waals surface area contributed by atoms with Gasteiger partial charge in [-0.25, -0.2) is 4.79 Å². The molecule has 1 heterocycles. The number of esters is 1. The number of ether oxygens (including phenoxy) is 1. The molecular weight excluding hydrogens is 284 g/mol. The average Bonchev–Trinajstić information content (AvgIpc) is 2.74. The molecule has 0 aliphatic carbocycles. The first-order valence-electron chi connectivity index (χ1n) is 5.77. The van der Waals surface area contributed by atoms with E-state index in [9.17, 15) is 4.79 Å². The van der Waals surface area contributed by atoms with Gasteiger partial charge in [-0.15, -0.1) is 0 Å². The standard InChI is InChI=1S/C13H13ClN2O2S/c1-3-18-13(17)11-8(2)16-19-12(11)15-10-6-4-9(14)5-7-10/h4-7,15H,3H2,1-2H3. The van der Waals surface area contributed by atoms with Gasteiger partial charge in [0, 0.05) is 10.7 Å². The summed E-state index contributed by atoms with van der Waals surface area (Å²) < 4.78 is 9.22. The number of anilines is 2. The van der Waals surface area contributed by atoms with Crippen LogP contribution in [0.1, 0.15) is 23.0 Å². The van der Waals surface area contributed by atoms with Crippen LogP contribution in [0.5, 0.6) is 0 Å². The molecule has 0 aliphatic rings. The molecule has 0 bridgehead atoms. The summed E-state index contributed by atoms with van der Waals surface area (Å²) in [6.07, 6.45) is 0. The first kappa shape index (κ1) is 13.8. The molecule has 0 fully saturated rings. The van der Waals surface area contributed by atoms with E-state index in [1.54, 1.807) is 26.0 Å². The van der Waals surface area contributed by atoms with Gasteiger partial charge in [0.2, 0.25) is 0 Å². The Labute approximate surface area is 120 Å². The molecule has 0 aliphatic heterocycles. The number of rotatable bonds is 4. The largest absolute Gasteiger partial charge is 0.462 e. The van der Waals surface area contributed by atoms with Gasteiger partial charge in [-0.2, -0.15) is 4.37 Å². The lowest BCUT2D eigenvalue weighted by molar-refractivity contribution is 0.0527. The number of aryl methyl sites for hydroxylation is 1. The molecule has 1 aromatic heterocycles. The molecule has 0 saturated heterocycles. The molecule has 0 atom stereocenters. The van der Waals surface area contributed by atoms with Crippen molar-refractivity contribution in [2.75, 3.05) is 11.9 Å². The minimum atomic E-state index is -0.356. The lowest BCUT2D eigenvalue weighted by atomic mass is 10.2. The lowest BCUT2D eigenvalue weighted by Gasteiger charge is -2.07. The highest BCUT2D eigenvalue weighted by Gasteiger charge is 2.19. The smallest absolute Gasteiger partial charge is 0.343 e. The topological polar surface area (TPSA) is 51.2 Å². The van der Waals surface area contributed by atoms with E-state index in [0.717, 1.165) is 5.69 Å². The van der Waals surface area contributed by atoms with E-state index in [2.05, 4.69) is 9.69 Å². The number of carbonyl (C=O) groups excluding carboxylic acids is 1. The second-order valence-corrected chi connectivity index (χ2v) is 5.03. The number of nitrogens with zero attached hydrogens (tertiary/aromatic N) is 1. The van der Waals surface area contributed by atoms with E-state index < -0.39 is 0 Å². The van der Waals surface area contributed by atoms with Gasteiger partial charge < -0.3 is 10.1 Å². The summed E-state index contributed by atoms with van der Waals surface area (Å²) >= 11 is 7.06. The van der Waals surface area contributed by atoms with Gasteiger partial charge in [0.25, 0.3) is 0 Å². The number of hydrogen-bond donors (Lipinski definition) is 1. The van der Waals surface area contributed by atoms with E-state index in [-0.39, 0.29) is 5.97 Å². The molecule has 6 heteroatoms. The lowest BCUT2D eigenvalue weighted by Crippen LogP contribution is -2.07. The quantitative estimate of drug-likeness (QED) is 0.866. The molecule has 2 rings (SSSR count). The second kappa shape index (κ2) is 6.04. The summed E-state index contributed by atoms with van der Waals surface area (Å²) in [5, 5.41) is 4.50. The van der Waals surface area contributed by atoms with Crippen molar-refractivity contribution in [3.05, 3.63) is 40.5 Å². The molecule has 4 nitrogen and oxygen atoms in total. The minimum Gasteiger partial charge on any atom is -0.462 e. The fourth-order valence-electron chi connectivity index (χ4n) is 1.56. The number of nitrogens with one attached hydrogen (secondary N) is 1. The zero-order chi connectivity index (χ0) is 13.8. The van der Waals surface area contributed by atoms with Crippen LogP contribution in [-0.4, -0.2) is 16.9 Å². The molecular formula is C13H13ClN2O2S. The highest BCUT2D eigenvalue weighted by atomic mass is 35.5. The van der Waals surface area contributed by atoms with E-state index in [4.69, 9.17) is 16.3 Å². The van der Waals surface area contributed by atoms with Crippen molar-refractivity contribution >= 4 is 39.8 Å². The fourth-order valence-corrected chi connectivity index (χ4v) is 2.49. The molecule has 100 valence electrons. The van der Waals surface area contributed by atoms with Crippen molar-refractivity contribution < 1.29 is 9.53 Å². The van der Waals surface area contributed by atoms with E-state index >= 15 is 0 Å². The normalized spacial score (nSPS) is 10.3. The van der Waals surface area contributed by atoms with Crippen LogP contribution in [0.25, 0.3) is 0 Å². The first-order valence-corrected chi connectivity index (χ1v) is 6.93. The molecule has 0 radical (unpaired) electrons. The minimum absolute atomic E-state index is 0.342. The van der Waals surface area contributed by atoms with Crippen molar-refractivity contribution in [3.8, 4) is 0 Å². The Hall–Kier alpha value is -1.59. The highest BCUT2D eigenvalue weighted by Crippen LogP contribution is 2.29. The van der Waals surface area contributed by atoms with Crippen LogP contribution < -0.4 is 5.32 Å². The summed E-state index contributed by atoms with van der Waals surface area (Å²) in [7, 11) is 0. The van der Waals surface area contributed by atoms with Crippen molar-refractivity contribution in [2.24, 2.45) is 0 Å². The number of hydrogen-bond acceptors (Lipinski definition) is 5. The van der Waals surface area contributed by atoms with Crippen LogP contribution in [-0.2, 0) is 4.74 Å². The third-order valence-corrected chi connectivity index (χ3v) is 3.55. The maximum absolute atomic E-state index is 11.9. The van der Waals surface area contributed by atoms with Gasteiger partial charge in [0.15, 0.2) is 0 Å². The van der Waals surface area contributed by atoms with E-state index in [1.807, 2.05) is 12.1 Å². The Kier molecular flexibility index (Phi) is 4.39. The predicted molar refractivity (Wildman–Crippen MR) is 77.5 cm³/mol. The predicted octanol–water partition coefficient (Wildman–Crippen LogP) is 4.03. The van der Waals surface area contributed by atoms with Crippen molar-refractivity contribution in [1.29, 1.82) is 0 Å². The first-order chi connectivity index (χ1) is 9.11. The maximum atomic E-state index is 11.9. The van der Waals surface area contributed by atoms with E-state index in [0.29, 0.717) is 27.9 Å². The van der Waals surface area contributed by atoms with Crippen LogP contribution in [0.4, 0.5) is 10.7 Å². The Morgan fingerprint density at radius 3 is 2.74 bits per heavy atom. The SMILES string of the molecule is CCOC(=O)c1c(C)nsc1Nc1ccc(Cl)cc1. The second-order valence-electron chi connectivity index (χ2n) is 3.82. The molecule has 0 amide bonds. The average molecular weight is 297 g/mol. The zero-order valence-corrected chi connectivity index (χ0v) is 12.1.